The Labute approximate surface area is 92.4 Å². The molecule has 0 spiro atoms. The second kappa shape index (κ2) is 6.02. The normalized spacial score (nSPS) is 10.2. The summed E-state index contributed by atoms with van der Waals surface area (Å²) in [5, 5.41) is 0.971. The summed E-state index contributed by atoms with van der Waals surface area (Å²) in [6.07, 6.45) is 2.83. The molecular formula is C11H14BrFO. The van der Waals surface area contributed by atoms with Crippen LogP contribution in [-0.4, -0.2) is 12.4 Å². The van der Waals surface area contributed by atoms with E-state index in [9.17, 15) is 4.39 Å². The molecule has 1 rings (SSSR count). The molecule has 0 aliphatic heterocycles. The summed E-state index contributed by atoms with van der Waals surface area (Å²) >= 11 is 3.35. The Morgan fingerprint density at radius 2 is 2.14 bits per heavy atom. The zero-order valence-corrected chi connectivity index (χ0v) is 9.81. The van der Waals surface area contributed by atoms with Gasteiger partial charge in [0.15, 0.2) is 11.6 Å². The van der Waals surface area contributed by atoms with Gasteiger partial charge in [-0.2, -0.15) is 0 Å². The average molecular weight is 261 g/mol. The summed E-state index contributed by atoms with van der Waals surface area (Å²) in [7, 11) is 1.49. The molecule has 0 atom stereocenters. The molecule has 0 heterocycles. The van der Waals surface area contributed by atoms with Gasteiger partial charge in [-0.05, 0) is 30.9 Å². The lowest BCUT2D eigenvalue weighted by Gasteiger charge is -2.06. The molecule has 0 unspecified atom stereocenters. The molecule has 3 heteroatoms. The Bertz CT molecular complexity index is 289. The molecule has 0 saturated carbocycles. The molecule has 0 aromatic heterocycles. The van der Waals surface area contributed by atoms with E-state index in [2.05, 4.69) is 15.9 Å². The van der Waals surface area contributed by atoms with Gasteiger partial charge in [0, 0.05) is 5.33 Å². The third kappa shape index (κ3) is 2.98. The molecule has 0 bridgehead atoms. The van der Waals surface area contributed by atoms with Crippen LogP contribution in [0.1, 0.15) is 18.4 Å². The van der Waals surface area contributed by atoms with Crippen molar-refractivity contribution in [2.75, 3.05) is 12.4 Å². The van der Waals surface area contributed by atoms with Crippen LogP contribution in [0, 0.1) is 5.82 Å². The summed E-state index contributed by atoms with van der Waals surface area (Å²) in [5.74, 6) is 0.117. The molecule has 0 fully saturated rings. The van der Waals surface area contributed by atoms with Crippen molar-refractivity contribution in [2.45, 2.75) is 19.3 Å². The van der Waals surface area contributed by atoms with Gasteiger partial charge in [-0.25, -0.2) is 4.39 Å². The third-order valence-corrected chi connectivity index (χ3v) is 2.65. The van der Waals surface area contributed by atoms with E-state index >= 15 is 0 Å². The zero-order chi connectivity index (χ0) is 10.4. The second-order valence-electron chi connectivity index (χ2n) is 3.08. The maximum atomic E-state index is 13.6. The van der Waals surface area contributed by atoms with E-state index < -0.39 is 0 Å². The largest absolute Gasteiger partial charge is 0.494 e. The quantitative estimate of drug-likeness (QED) is 0.581. The fraction of sp³-hybridized carbons (Fsp3) is 0.455. The minimum atomic E-state index is -0.218. The molecule has 1 aromatic rings. The van der Waals surface area contributed by atoms with Crippen LogP contribution in [0.4, 0.5) is 4.39 Å². The van der Waals surface area contributed by atoms with Gasteiger partial charge in [-0.15, -0.1) is 0 Å². The number of hydrogen-bond donors (Lipinski definition) is 0. The molecule has 0 N–H and O–H groups in total. The number of hydrogen-bond acceptors (Lipinski definition) is 1. The second-order valence-corrected chi connectivity index (χ2v) is 3.87. The molecule has 0 radical (unpaired) electrons. The molecule has 0 saturated heterocycles. The van der Waals surface area contributed by atoms with E-state index in [4.69, 9.17) is 4.74 Å². The van der Waals surface area contributed by atoms with Gasteiger partial charge >= 0.3 is 0 Å². The lowest BCUT2D eigenvalue weighted by Crippen LogP contribution is -1.95. The third-order valence-electron chi connectivity index (χ3n) is 2.09. The highest BCUT2D eigenvalue weighted by molar-refractivity contribution is 9.09. The first-order valence-corrected chi connectivity index (χ1v) is 5.79. The van der Waals surface area contributed by atoms with E-state index in [-0.39, 0.29) is 5.82 Å². The molecule has 1 aromatic carbocycles. The van der Waals surface area contributed by atoms with E-state index in [0.717, 1.165) is 30.2 Å². The van der Waals surface area contributed by atoms with Gasteiger partial charge < -0.3 is 4.74 Å². The molecule has 78 valence electrons. The number of rotatable bonds is 5. The number of benzene rings is 1. The van der Waals surface area contributed by atoms with Gasteiger partial charge in [-0.1, -0.05) is 28.1 Å². The van der Waals surface area contributed by atoms with Gasteiger partial charge in [0.2, 0.25) is 0 Å². The average Bonchev–Trinajstić information content (AvgIpc) is 2.21. The van der Waals surface area contributed by atoms with Gasteiger partial charge in [0.25, 0.3) is 0 Å². The van der Waals surface area contributed by atoms with Crippen molar-refractivity contribution in [3.63, 3.8) is 0 Å². The first-order chi connectivity index (χ1) is 6.79. The van der Waals surface area contributed by atoms with Crippen LogP contribution >= 0.6 is 15.9 Å². The SMILES string of the molecule is COc1cccc(CCCCBr)c1F. The molecule has 1 nitrogen and oxygen atoms in total. The van der Waals surface area contributed by atoms with Crippen LogP contribution in [0.25, 0.3) is 0 Å². The summed E-state index contributed by atoms with van der Waals surface area (Å²) in [4.78, 5) is 0. The molecule has 0 aliphatic carbocycles. The number of alkyl halides is 1. The van der Waals surface area contributed by atoms with Crippen molar-refractivity contribution in [3.8, 4) is 5.75 Å². The Balaban J connectivity index is 2.66. The highest BCUT2D eigenvalue weighted by Gasteiger charge is 2.07. The zero-order valence-electron chi connectivity index (χ0n) is 8.22. The van der Waals surface area contributed by atoms with Crippen LogP contribution < -0.4 is 4.74 Å². The fourth-order valence-electron chi connectivity index (χ4n) is 1.32. The predicted octanol–water partition coefficient (Wildman–Crippen LogP) is 3.55. The Hall–Kier alpha value is -0.570. The highest BCUT2D eigenvalue weighted by Crippen LogP contribution is 2.21. The van der Waals surface area contributed by atoms with Crippen LogP contribution in [0.2, 0.25) is 0 Å². The molecule has 14 heavy (non-hydrogen) atoms. The van der Waals surface area contributed by atoms with Crippen LogP contribution in [0.15, 0.2) is 18.2 Å². The standard InChI is InChI=1S/C11H14BrFO/c1-14-10-7-4-6-9(11(10)13)5-2-3-8-12/h4,6-7H,2-3,5,8H2,1H3. The number of methoxy groups -OCH3 is 1. The Kier molecular flexibility index (Phi) is 4.94. The summed E-state index contributed by atoms with van der Waals surface area (Å²) in [5.41, 5.74) is 0.741. The molecular weight excluding hydrogens is 247 g/mol. The summed E-state index contributed by atoms with van der Waals surface area (Å²) in [6.45, 7) is 0. The Morgan fingerprint density at radius 1 is 1.36 bits per heavy atom. The van der Waals surface area contributed by atoms with E-state index in [1.54, 1.807) is 6.07 Å². The number of unbranched alkanes of at least 4 members (excludes halogenated alkanes) is 1. The molecule has 0 aliphatic rings. The maximum Gasteiger partial charge on any atom is 0.168 e. The van der Waals surface area contributed by atoms with Crippen molar-refractivity contribution in [3.05, 3.63) is 29.6 Å². The smallest absolute Gasteiger partial charge is 0.168 e. The summed E-state index contributed by atoms with van der Waals surface area (Å²) < 4.78 is 18.5. The fourth-order valence-corrected chi connectivity index (χ4v) is 1.71. The number of aryl methyl sites for hydroxylation is 1. The lowest BCUT2D eigenvalue weighted by atomic mass is 10.1. The van der Waals surface area contributed by atoms with E-state index in [1.807, 2.05) is 12.1 Å². The maximum absolute atomic E-state index is 13.6. The van der Waals surface area contributed by atoms with Gasteiger partial charge in [0.1, 0.15) is 0 Å². The number of halogens is 2. The van der Waals surface area contributed by atoms with Gasteiger partial charge in [-0.3, -0.25) is 0 Å². The van der Waals surface area contributed by atoms with Crippen molar-refractivity contribution in [1.29, 1.82) is 0 Å². The van der Waals surface area contributed by atoms with Crippen LogP contribution in [-0.2, 0) is 6.42 Å². The minimum Gasteiger partial charge on any atom is -0.494 e. The minimum absolute atomic E-state index is 0.218. The first kappa shape index (κ1) is 11.5. The monoisotopic (exact) mass is 260 g/mol. The van der Waals surface area contributed by atoms with Gasteiger partial charge in [0.05, 0.1) is 7.11 Å². The van der Waals surface area contributed by atoms with E-state index in [0.29, 0.717) is 5.75 Å². The summed E-state index contributed by atoms with van der Waals surface area (Å²) in [6, 6.07) is 5.28. The van der Waals surface area contributed by atoms with Crippen LogP contribution in [0.5, 0.6) is 5.75 Å². The Morgan fingerprint density at radius 3 is 2.79 bits per heavy atom. The van der Waals surface area contributed by atoms with Crippen molar-refractivity contribution in [1.82, 2.24) is 0 Å². The van der Waals surface area contributed by atoms with Crippen molar-refractivity contribution < 1.29 is 9.13 Å². The number of ether oxygens (including phenoxy) is 1. The van der Waals surface area contributed by atoms with Crippen molar-refractivity contribution in [2.24, 2.45) is 0 Å². The lowest BCUT2D eigenvalue weighted by molar-refractivity contribution is 0.384. The van der Waals surface area contributed by atoms with Crippen molar-refractivity contribution >= 4 is 15.9 Å². The molecule has 0 amide bonds. The highest BCUT2D eigenvalue weighted by atomic mass is 79.9. The predicted molar refractivity (Wildman–Crippen MR) is 59.7 cm³/mol. The topological polar surface area (TPSA) is 9.23 Å². The van der Waals surface area contributed by atoms with Crippen LogP contribution in [0.3, 0.4) is 0 Å². The van der Waals surface area contributed by atoms with E-state index in [1.165, 1.54) is 7.11 Å². The first-order valence-electron chi connectivity index (χ1n) is 4.67.